The van der Waals surface area contributed by atoms with Crippen LogP contribution in [0.25, 0.3) is 0 Å². The van der Waals surface area contributed by atoms with Crippen LogP contribution in [0, 0.1) is 5.41 Å². The summed E-state index contributed by atoms with van der Waals surface area (Å²) in [5.74, 6) is 1.93. The third-order valence-electron chi connectivity index (χ3n) is 6.20. The Hall–Kier alpha value is -2.53. The number of carbonyl (C=O) groups excluding carboxylic acids is 1. The number of aliphatic hydroxyl groups is 1. The Morgan fingerprint density at radius 2 is 1.88 bits per heavy atom. The van der Waals surface area contributed by atoms with Crippen molar-refractivity contribution in [2.45, 2.75) is 91.8 Å². The van der Waals surface area contributed by atoms with Gasteiger partial charge in [0, 0.05) is 41.5 Å². The fourth-order valence-corrected chi connectivity index (χ4v) is 4.15. The van der Waals surface area contributed by atoms with Crippen LogP contribution in [0.4, 0.5) is 5.69 Å². The van der Waals surface area contributed by atoms with Crippen LogP contribution in [0.5, 0.6) is 11.5 Å². The summed E-state index contributed by atoms with van der Waals surface area (Å²) in [6.45, 7) is 10.0. The van der Waals surface area contributed by atoms with Gasteiger partial charge in [0.15, 0.2) is 0 Å². The smallest absolute Gasteiger partial charge is 0.142 e. The summed E-state index contributed by atoms with van der Waals surface area (Å²) in [7, 11) is 1.63. The zero-order chi connectivity index (χ0) is 25.3. The molecule has 0 saturated carbocycles. The van der Waals surface area contributed by atoms with E-state index in [0.717, 1.165) is 54.0 Å². The van der Waals surface area contributed by atoms with Crippen LogP contribution >= 0.6 is 0 Å². The van der Waals surface area contributed by atoms with E-state index in [1.807, 2.05) is 57.2 Å². The number of carbonyl (C=O) groups is 1. The van der Waals surface area contributed by atoms with E-state index in [-0.39, 0.29) is 11.2 Å². The van der Waals surface area contributed by atoms with E-state index < -0.39 is 6.10 Å². The van der Waals surface area contributed by atoms with Crippen molar-refractivity contribution in [3.05, 3.63) is 53.1 Å². The standard InChI is InChI=1S/C18H28O3.C11H15NO/c1-6-8-14(19)12-15-13(9-7-10-16(15)21-5)11-17(20)18(2,3)4;1-2-4-8-7-9-10(12)5-3-6-11(9)13-8/h7,9-10,14,19H,6,8,11-12H2,1-5H3;3,5-6,8H,2,4,7,12H2,1H3. The summed E-state index contributed by atoms with van der Waals surface area (Å²) >= 11 is 0. The van der Waals surface area contributed by atoms with E-state index in [1.54, 1.807) is 7.11 Å². The molecule has 0 fully saturated rings. The molecular formula is C29H43NO4. The summed E-state index contributed by atoms with van der Waals surface area (Å²) in [6.07, 6.45) is 5.83. The number of methoxy groups -OCH3 is 1. The highest BCUT2D eigenvalue weighted by molar-refractivity contribution is 5.86. The first-order chi connectivity index (χ1) is 16.1. The molecule has 5 heteroatoms. The average molecular weight is 470 g/mol. The van der Waals surface area contributed by atoms with Crippen molar-refractivity contribution in [1.29, 1.82) is 0 Å². The van der Waals surface area contributed by atoms with Crippen molar-refractivity contribution in [1.82, 2.24) is 0 Å². The molecule has 0 radical (unpaired) electrons. The molecule has 1 heterocycles. The van der Waals surface area contributed by atoms with E-state index in [1.165, 1.54) is 12.0 Å². The van der Waals surface area contributed by atoms with Crippen LogP contribution in [-0.2, 0) is 24.1 Å². The molecule has 2 atom stereocenters. The fraction of sp³-hybridized carbons (Fsp3) is 0.552. The molecule has 3 rings (SSSR count). The normalized spacial score (nSPS) is 15.6. The van der Waals surface area contributed by atoms with Gasteiger partial charge in [0.25, 0.3) is 0 Å². The number of fused-ring (bicyclic) bond motifs is 1. The summed E-state index contributed by atoms with van der Waals surface area (Å²) in [5, 5.41) is 10.1. The first-order valence-corrected chi connectivity index (χ1v) is 12.5. The zero-order valence-corrected chi connectivity index (χ0v) is 21.8. The molecule has 0 aliphatic carbocycles. The minimum absolute atomic E-state index is 0.196. The quantitative estimate of drug-likeness (QED) is 0.445. The number of benzene rings is 2. The Morgan fingerprint density at radius 1 is 1.18 bits per heavy atom. The van der Waals surface area contributed by atoms with Gasteiger partial charge in [-0.2, -0.15) is 0 Å². The van der Waals surface area contributed by atoms with Gasteiger partial charge in [-0.3, -0.25) is 4.79 Å². The number of nitrogen functional groups attached to an aromatic ring is 1. The minimum Gasteiger partial charge on any atom is -0.496 e. The number of ketones is 1. The lowest BCUT2D eigenvalue weighted by Crippen LogP contribution is -2.23. The van der Waals surface area contributed by atoms with E-state index in [2.05, 4.69) is 13.8 Å². The molecule has 2 unspecified atom stereocenters. The summed E-state index contributed by atoms with van der Waals surface area (Å²) in [6, 6.07) is 11.6. The van der Waals surface area contributed by atoms with Crippen LogP contribution < -0.4 is 15.2 Å². The van der Waals surface area contributed by atoms with E-state index in [4.69, 9.17) is 15.2 Å². The molecule has 0 aromatic heterocycles. The molecule has 0 spiro atoms. The van der Waals surface area contributed by atoms with Gasteiger partial charge < -0.3 is 20.3 Å². The molecule has 3 N–H and O–H groups in total. The first kappa shape index (κ1) is 27.7. The number of nitrogens with two attached hydrogens (primary N) is 1. The molecule has 34 heavy (non-hydrogen) atoms. The number of anilines is 1. The Morgan fingerprint density at radius 3 is 2.47 bits per heavy atom. The maximum atomic E-state index is 12.3. The van der Waals surface area contributed by atoms with Crippen molar-refractivity contribution in [3.8, 4) is 11.5 Å². The topological polar surface area (TPSA) is 81.8 Å². The lowest BCUT2D eigenvalue weighted by Gasteiger charge is -2.20. The third-order valence-corrected chi connectivity index (χ3v) is 6.20. The maximum Gasteiger partial charge on any atom is 0.142 e. The molecule has 1 aliphatic heterocycles. The van der Waals surface area contributed by atoms with Gasteiger partial charge in [-0.1, -0.05) is 65.7 Å². The Kier molecular flexibility index (Phi) is 10.4. The summed E-state index contributed by atoms with van der Waals surface area (Å²) in [5.41, 5.74) is 9.48. The van der Waals surface area contributed by atoms with Crippen molar-refractivity contribution >= 4 is 11.5 Å². The second-order valence-electron chi connectivity index (χ2n) is 10.2. The van der Waals surface area contributed by atoms with Crippen LogP contribution in [0.3, 0.4) is 0 Å². The van der Waals surface area contributed by atoms with Crippen LogP contribution in [0.15, 0.2) is 36.4 Å². The molecule has 0 saturated heterocycles. The molecule has 2 aromatic rings. The van der Waals surface area contributed by atoms with Crippen molar-refractivity contribution in [3.63, 3.8) is 0 Å². The lowest BCUT2D eigenvalue weighted by molar-refractivity contribution is -0.125. The lowest BCUT2D eigenvalue weighted by atomic mass is 9.85. The SMILES string of the molecule is CCCC(O)Cc1c(CC(=O)C(C)(C)C)cccc1OC.CCCC1Cc2c(N)cccc2O1. The van der Waals surface area contributed by atoms with E-state index in [9.17, 15) is 9.90 Å². The highest BCUT2D eigenvalue weighted by atomic mass is 16.5. The van der Waals surface area contributed by atoms with Gasteiger partial charge in [0.1, 0.15) is 23.4 Å². The van der Waals surface area contributed by atoms with Gasteiger partial charge in [0.05, 0.1) is 13.2 Å². The molecule has 1 aliphatic rings. The van der Waals surface area contributed by atoms with Crippen LogP contribution in [0.1, 0.15) is 77.0 Å². The van der Waals surface area contributed by atoms with Gasteiger partial charge in [-0.15, -0.1) is 0 Å². The molecular weight excluding hydrogens is 426 g/mol. The number of rotatable bonds is 9. The number of aliphatic hydroxyl groups excluding tert-OH is 1. The highest BCUT2D eigenvalue weighted by Gasteiger charge is 2.24. The summed E-state index contributed by atoms with van der Waals surface area (Å²) in [4.78, 5) is 12.3. The number of ether oxygens (including phenoxy) is 2. The molecule has 2 aromatic carbocycles. The largest absolute Gasteiger partial charge is 0.496 e. The minimum atomic E-state index is -0.394. The van der Waals surface area contributed by atoms with Gasteiger partial charge >= 0.3 is 0 Å². The van der Waals surface area contributed by atoms with Crippen LogP contribution in [0.2, 0.25) is 0 Å². The second-order valence-corrected chi connectivity index (χ2v) is 10.2. The second kappa shape index (κ2) is 12.8. The molecule has 0 bridgehead atoms. The number of hydrogen-bond acceptors (Lipinski definition) is 5. The predicted octanol–water partition coefficient (Wildman–Crippen LogP) is 5.93. The van der Waals surface area contributed by atoms with Crippen molar-refractivity contribution < 1.29 is 19.4 Å². The predicted molar refractivity (Wildman–Crippen MR) is 140 cm³/mol. The van der Waals surface area contributed by atoms with Gasteiger partial charge in [-0.05, 0) is 36.6 Å². The molecule has 188 valence electrons. The monoisotopic (exact) mass is 469 g/mol. The van der Waals surface area contributed by atoms with E-state index in [0.29, 0.717) is 18.9 Å². The zero-order valence-electron chi connectivity index (χ0n) is 21.8. The maximum absolute atomic E-state index is 12.3. The average Bonchev–Trinajstić information content (AvgIpc) is 3.19. The first-order valence-electron chi connectivity index (χ1n) is 12.5. The Labute approximate surface area is 205 Å². The Balaban J connectivity index is 0.000000266. The van der Waals surface area contributed by atoms with E-state index >= 15 is 0 Å². The van der Waals surface area contributed by atoms with Crippen molar-refractivity contribution in [2.75, 3.05) is 12.8 Å². The fourth-order valence-electron chi connectivity index (χ4n) is 4.15. The Bertz CT molecular complexity index is 932. The number of Topliss-reactive ketones (excluding diaryl/α,β-unsaturated/α-hetero) is 1. The summed E-state index contributed by atoms with van der Waals surface area (Å²) < 4.78 is 11.2. The third kappa shape index (κ3) is 7.76. The van der Waals surface area contributed by atoms with Gasteiger partial charge in [0.2, 0.25) is 0 Å². The van der Waals surface area contributed by atoms with Gasteiger partial charge in [-0.25, -0.2) is 0 Å². The number of hydrogen-bond donors (Lipinski definition) is 2. The van der Waals surface area contributed by atoms with Crippen LogP contribution in [-0.4, -0.2) is 30.2 Å². The molecule has 0 amide bonds. The highest BCUT2D eigenvalue weighted by Crippen LogP contribution is 2.34. The van der Waals surface area contributed by atoms with Crippen molar-refractivity contribution in [2.24, 2.45) is 5.41 Å². The molecule has 5 nitrogen and oxygen atoms in total.